The number of methoxy groups -OCH3 is 1. The van der Waals surface area contributed by atoms with Crippen LogP contribution < -0.4 is 20.3 Å². The highest BCUT2D eigenvalue weighted by Gasteiger charge is 2.23. The third-order valence-electron chi connectivity index (χ3n) is 4.64. The molecule has 2 aliphatic heterocycles. The van der Waals surface area contributed by atoms with E-state index in [1.807, 2.05) is 23.9 Å². The first kappa shape index (κ1) is 17.4. The number of piperidine rings is 1. The van der Waals surface area contributed by atoms with Gasteiger partial charge in [0.15, 0.2) is 0 Å². The van der Waals surface area contributed by atoms with Gasteiger partial charge in [0.05, 0.1) is 7.11 Å². The summed E-state index contributed by atoms with van der Waals surface area (Å²) in [4.78, 5) is 14.7. The second kappa shape index (κ2) is 8.62. The molecular formula is C18H27N3O2S. The third-order valence-corrected chi connectivity index (χ3v) is 5.77. The molecule has 0 saturated carbocycles. The molecule has 132 valence electrons. The van der Waals surface area contributed by atoms with Gasteiger partial charge >= 0.3 is 0 Å². The molecule has 2 fully saturated rings. The Morgan fingerprint density at radius 2 is 2.42 bits per heavy atom. The van der Waals surface area contributed by atoms with E-state index in [2.05, 4.69) is 27.7 Å². The Balaban J connectivity index is 1.52. The van der Waals surface area contributed by atoms with E-state index in [1.165, 1.54) is 5.69 Å². The summed E-state index contributed by atoms with van der Waals surface area (Å²) < 4.78 is 5.32. The number of carbonyl (C=O) groups excluding carboxylic acids is 1. The van der Waals surface area contributed by atoms with Gasteiger partial charge < -0.3 is 20.3 Å². The zero-order valence-corrected chi connectivity index (χ0v) is 15.1. The first-order chi connectivity index (χ1) is 11.7. The highest BCUT2D eigenvalue weighted by Crippen LogP contribution is 2.24. The summed E-state index contributed by atoms with van der Waals surface area (Å²) in [6, 6.07) is 8.70. The molecule has 1 amide bonds. The van der Waals surface area contributed by atoms with Crippen LogP contribution in [0.4, 0.5) is 5.69 Å². The Morgan fingerprint density at radius 1 is 1.50 bits per heavy atom. The summed E-state index contributed by atoms with van der Waals surface area (Å²) >= 11 is 1.93. The zero-order valence-electron chi connectivity index (χ0n) is 14.3. The van der Waals surface area contributed by atoms with Gasteiger partial charge in [0.25, 0.3) is 0 Å². The van der Waals surface area contributed by atoms with E-state index in [9.17, 15) is 4.79 Å². The molecule has 0 spiro atoms. The Bertz CT molecular complexity index is 549. The molecule has 2 saturated heterocycles. The summed E-state index contributed by atoms with van der Waals surface area (Å²) in [5.74, 6) is 3.23. The number of nitrogens with one attached hydrogen (secondary N) is 2. The molecule has 0 aliphatic carbocycles. The molecule has 1 aromatic rings. The van der Waals surface area contributed by atoms with Crippen LogP contribution in [0.1, 0.15) is 19.3 Å². The predicted octanol–water partition coefficient (Wildman–Crippen LogP) is 1.88. The molecule has 6 heteroatoms. The van der Waals surface area contributed by atoms with Crippen molar-refractivity contribution in [2.24, 2.45) is 0 Å². The van der Waals surface area contributed by atoms with Crippen molar-refractivity contribution in [1.29, 1.82) is 0 Å². The van der Waals surface area contributed by atoms with Crippen molar-refractivity contribution in [3.63, 3.8) is 0 Å². The minimum Gasteiger partial charge on any atom is -0.497 e. The van der Waals surface area contributed by atoms with Crippen molar-refractivity contribution in [2.75, 3.05) is 43.1 Å². The number of amides is 1. The molecule has 1 aromatic carbocycles. The molecule has 2 unspecified atom stereocenters. The summed E-state index contributed by atoms with van der Waals surface area (Å²) in [6.07, 6.45) is 2.74. The lowest BCUT2D eigenvalue weighted by molar-refractivity contribution is -0.122. The minimum absolute atomic E-state index is 0.174. The molecule has 0 bridgehead atoms. The molecule has 2 atom stereocenters. The van der Waals surface area contributed by atoms with E-state index in [4.69, 9.17) is 4.74 Å². The first-order valence-electron chi connectivity index (χ1n) is 8.74. The maximum atomic E-state index is 12.3. The summed E-state index contributed by atoms with van der Waals surface area (Å²) in [7, 11) is 1.69. The highest BCUT2D eigenvalue weighted by molar-refractivity contribution is 7.99. The largest absolute Gasteiger partial charge is 0.497 e. The average Bonchev–Trinajstić information content (AvgIpc) is 2.63. The number of benzene rings is 1. The lowest BCUT2D eigenvalue weighted by Gasteiger charge is -2.35. The molecule has 3 rings (SSSR count). The topological polar surface area (TPSA) is 53.6 Å². The summed E-state index contributed by atoms with van der Waals surface area (Å²) in [6.45, 7) is 2.90. The van der Waals surface area contributed by atoms with Crippen LogP contribution in [-0.4, -0.2) is 56.2 Å². The summed E-state index contributed by atoms with van der Waals surface area (Å²) in [5.41, 5.74) is 1.17. The number of ether oxygens (including phenoxy) is 1. The average molecular weight is 350 g/mol. The van der Waals surface area contributed by atoms with E-state index in [-0.39, 0.29) is 11.9 Å². The Kier molecular flexibility index (Phi) is 6.26. The van der Waals surface area contributed by atoms with Gasteiger partial charge in [-0.15, -0.1) is 0 Å². The van der Waals surface area contributed by atoms with Gasteiger partial charge in [0.2, 0.25) is 5.91 Å². The van der Waals surface area contributed by atoms with E-state index < -0.39 is 0 Å². The van der Waals surface area contributed by atoms with Crippen molar-refractivity contribution in [1.82, 2.24) is 10.6 Å². The number of hydrogen-bond donors (Lipinski definition) is 2. The standard InChI is InChI=1S/C18H27N3O2S/c1-23-17-6-2-5-16(11-17)21-8-3-4-14(12-21)20-18(22)10-15-13-24-9-7-19-15/h2,5-6,11,14-15,19H,3-4,7-10,12-13H2,1H3,(H,20,22). The van der Waals surface area contributed by atoms with Gasteiger partial charge in [-0.25, -0.2) is 0 Å². The molecule has 0 aromatic heterocycles. The SMILES string of the molecule is COc1cccc(N2CCCC(NC(=O)CC3CSCCN3)C2)c1. The van der Waals surface area contributed by atoms with Crippen molar-refractivity contribution in [2.45, 2.75) is 31.3 Å². The van der Waals surface area contributed by atoms with E-state index in [0.717, 1.165) is 49.7 Å². The maximum Gasteiger partial charge on any atom is 0.221 e. The molecule has 24 heavy (non-hydrogen) atoms. The van der Waals surface area contributed by atoms with Crippen molar-refractivity contribution in [3.05, 3.63) is 24.3 Å². The van der Waals surface area contributed by atoms with Crippen LogP contribution in [-0.2, 0) is 4.79 Å². The lowest BCUT2D eigenvalue weighted by Crippen LogP contribution is -2.49. The number of anilines is 1. The normalized spacial score (nSPS) is 24.5. The number of carbonyl (C=O) groups is 1. The van der Waals surface area contributed by atoms with E-state index in [0.29, 0.717) is 12.5 Å². The molecule has 0 radical (unpaired) electrons. The van der Waals surface area contributed by atoms with Crippen LogP contribution in [0.2, 0.25) is 0 Å². The number of rotatable bonds is 5. The molecular weight excluding hydrogens is 322 g/mol. The van der Waals surface area contributed by atoms with Gasteiger partial charge in [0, 0.05) is 61.4 Å². The lowest BCUT2D eigenvalue weighted by atomic mass is 10.0. The zero-order chi connectivity index (χ0) is 16.8. The Hall–Kier alpha value is -1.40. The minimum atomic E-state index is 0.174. The first-order valence-corrected chi connectivity index (χ1v) is 9.89. The smallest absolute Gasteiger partial charge is 0.221 e. The maximum absolute atomic E-state index is 12.3. The molecule has 2 aliphatic rings. The summed E-state index contributed by atoms with van der Waals surface area (Å²) in [5, 5.41) is 6.66. The van der Waals surface area contributed by atoms with Gasteiger partial charge in [-0.3, -0.25) is 4.79 Å². The third kappa shape index (κ3) is 4.80. The van der Waals surface area contributed by atoms with Crippen LogP contribution in [0.3, 0.4) is 0 Å². The van der Waals surface area contributed by atoms with E-state index >= 15 is 0 Å². The molecule has 2 heterocycles. The van der Waals surface area contributed by atoms with E-state index in [1.54, 1.807) is 7.11 Å². The number of nitrogens with zero attached hydrogens (tertiary/aromatic N) is 1. The fourth-order valence-corrected chi connectivity index (χ4v) is 4.35. The fraction of sp³-hybridized carbons (Fsp3) is 0.611. The highest BCUT2D eigenvalue weighted by atomic mass is 32.2. The molecule has 2 N–H and O–H groups in total. The van der Waals surface area contributed by atoms with Crippen molar-refractivity contribution in [3.8, 4) is 5.75 Å². The van der Waals surface area contributed by atoms with Gasteiger partial charge in [0.1, 0.15) is 5.75 Å². The van der Waals surface area contributed by atoms with Crippen molar-refractivity contribution < 1.29 is 9.53 Å². The van der Waals surface area contributed by atoms with Crippen LogP contribution in [0.25, 0.3) is 0 Å². The monoisotopic (exact) mass is 349 g/mol. The van der Waals surface area contributed by atoms with Crippen molar-refractivity contribution >= 4 is 23.4 Å². The van der Waals surface area contributed by atoms with Crippen LogP contribution >= 0.6 is 11.8 Å². The van der Waals surface area contributed by atoms with Crippen LogP contribution in [0, 0.1) is 0 Å². The number of thioether (sulfide) groups is 1. The van der Waals surface area contributed by atoms with Gasteiger partial charge in [-0.2, -0.15) is 11.8 Å². The van der Waals surface area contributed by atoms with Crippen LogP contribution in [0.15, 0.2) is 24.3 Å². The fourth-order valence-electron chi connectivity index (χ4n) is 3.40. The second-order valence-electron chi connectivity index (χ2n) is 6.48. The Morgan fingerprint density at radius 3 is 3.21 bits per heavy atom. The van der Waals surface area contributed by atoms with Gasteiger partial charge in [-0.1, -0.05) is 6.07 Å². The number of hydrogen-bond acceptors (Lipinski definition) is 5. The predicted molar refractivity (Wildman–Crippen MR) is 100 cm³/mol. The van der Waals surface area contributed by atoms with Gasteiger partial charge in [-0.05, 0) is 25.0 Å². The quantitative estimate of drug-likeness (QED) is 0.850. The molecule has 5 nitrogen and oxygen atoms in total. The van der Waals surface area contributed by atoms with Crippen LogP contribution in [0.5, 0.6) is 5.75 Å². The second-order valence-corrected chi connectivity index (χ2v) is 7.63. The Labute approximate surface area is 148 Å².